The van der Waals surface area contributed by atoms with E-state index < -0.39 is 24.0 Å². The number of carbonyl (C=O) groups is 4. The summed E-state index contributed by atoms with van der Waals surface area (Å²) in [5.74, 6) is -1.36. The summed E-state index contributed by atoms with van der Waals surface area (Å²) in [4.78, 5) is 49.7. The molecule has 8 nitrogen and oxygen atoms in total. The largest absolute Gasteiger partial charge is 0.449 e. The standard InChI is InChI=1S/C22H23N3O5/c1-15(20(27)24-22(29)23-14-16-6-3-2-4-7-16)30-21(28)17-9-11-18(12-10-17)25-13-5-8-19(25)26/h2-4,6-7,9-12,15H,5,8,13-14H2,1H3,(H2,23,24,27,29)/t15-/m1/s1. The first kappa shape index (κ1) is 21.0. The molecule has 3 rings (SSSR count). The number of hydrogen-bond acceptors (Lipinski definition) is 5. The Hall–Kier alpha value is -3.68. The minimum Gasteiger partial charge on any atom is -0.449 e. The third-order valence-corrected chi connectivity index (χ3v) is 4.67. The van der Waals surface area contributed by atoms with Crippen molar-refractivity contribution in [3.8, 4) is 0 Å². The molecule has 1 heterocycles. The van der Waals surface area contributed by atoms with Crippen LogP contribution < -0.4 is 15.5 Å². The first-order valence-electron chi connectivity index (χ1n) is 9.68. The summed E-state index contributed by atoms with van der Waals surface area (Å²) in [6.45, 7) is 2.31. The maximum Gasteiger partial charge on any atom is 0.338 e. The molecule has 8 heteroatoms. The molecule has 2 aromatic carbocycles. The Morgan fingerprint density at radius 3 is 2.40 bits per heavy atom. The normalized spacial score (nSPS) is 14.2. The number of esters is 1. The Balaban J connectivity index is 1.47. The Morgan fingerprint density at radius 2 is 1.77 bits per heavy atom. The van der Waals surface area contributed by atoms with Crippen molar-refractivity contribution in [2.24, 2.45) is 0 Å². The molecule has 2 aromatic rings. The van der Waals surface area contributed by atoms with Crippen molar-refractivity contribution in [3.05, 3.63) is 65.7 Å². The highest BCUT2D eigenvalue weighted by molar-refractivity contribution is 5.99. The number of imide groups is 1. The fourth-order valence-corrected chi connectivity index (χ4v) is 3.02. The third-order valence-electron chi connectivity index (χ3n) is 4.67. The molecular weight excluding hydrogens is 386 g/mol. The van der Waals surface area contributed by atoms with Crippen molar-refractivity contribution in [1.82, 2.24) is 10.6 Å². The van der Waals surface area contributed by atoms with E-state index in [1.165, 1.54) is 6.92 Å². The van der Waals surface area contributed by atoms with Gasteiger partial charge in [-0.15, -0.1) is 0 Å². The lowest BCUT2D eigenvalue weighted by atomic mass is 10.2. The van der Waals surface area contributed by atoms with Crippen LogP contribution in [0.5, 0.6) is 0 Å². The van der Waals surface area contributed by atoms with Gasteiger partial charge in [-0.25, -0.2) is 9.59 Å². The number of nitrogens with one attached hydrogen (secondary N) is 2. The first-order valence-corrected chi connectivity index (χ1v) is 9.68. The molecule has 30 heavy (non-hydrogen) atoms. The second-order valence-corrected chi connectivity index (χ2v) is 6.90. The van der Waals surface area contributed by atoms with Gasteiger partial charge in [-0.1, -0.05) is 30.3 Å². The van der Waals surface area contributed by atoms with Crippen molar-refractivity contribution in [3.63, 3.8) is 0 Å². The number of hydrogen-bond donors (Lipinski definition) is 2. The summed E-state index contributed by atoms with van der Waals surface area (Å²) in [6.07, 6.45) is 0.184. The number of rotatable bonds is 6. The van der Waals surface area contributed by atoms with Gasteiger partial charge in [0.05, 0.1) is 5.56 Å². The molecule has 1 atom stereocenters. The average molecular weight is 409 g/mol. The predicted molar refractivity (Wildman–Crippen MR) is 110 cm³/mol. The van der Waals surface area contributed by atoms with E-state index in [1.54, 1.807) is 29.2 Å². The van der Waals surface area contributed by atoms with Crippen LogP contribution in [0, 0.1) is 0 Å². The Bertz CT molecular complexity index is 928. The lowest BCUT2D eigenvalue weighted by molar-refractivity contribution is -0.128. The lowest BCUT2D eigenvalue weighted by Gasteiger charge is -2.16. The van der Waals surface area contributed by atoms with E-state index in [1.807, 2.05) is 30.3 Å². The second kappa shape index (κ2) is 9.69. The van der Waals surface area contributed by atoms with Gasteiger partial charge in [0.25, 0.3) is 5.91 Å². The topological polar surface area (TPSA) is 105 Å². The highest BCUT2D eigenvalue weighted by Crippen LogP contribution is 2.21. The SMILES string of the molecule is C[C@@H](OC(=O)c1ccc(N2CCCC2=O)cc1)C(=O)NC(=O)NCc1ccccc1. The molecule has 156 valence electrons. The number of anilines is 1. The summed E-state index contributed by atoms with van der Waals surface area (Å²) in [5.41, 5.74) is 1.85. The summed E-state index contributed by atoms with van der Waals surface area (Å²) < 4.78 is 5.14. The minimum absolute atomic E-state index is 0.0566. The van der Waals surface area contributed by atoms with Gasteiger partial charge in [-0.3, -0.25) is 14.9 Å². The third kappa shape index (κ3) is 5.44. The molecule has 0 unspecified atom stereocenters. The Kier molecular flexibility index (Phi) is 6.79. The predicted octanol–water partition coefficient (Wildman–Crippen LogP) is 2.38. The zero-order valence-electron chi connectivity index (χ0n) is 16.6. The molecule has 2 N–H and O–H groups in total. The molecule has 0 saturated carbocycles. The van der Waals surface area contributed by atoms with E-state index in [9.17, 15) is 19.2 Å². The van der Waals surface area contributed by atoms with E-state index in [0.717, 1.165) is 17.7 Å². The summed E-state index contributed by atoms with van der Waals surface area (Å²) in [6, 6.07) is 15.0. The van der Waals surface area contributed by atoms with Gasteiger partial charge in [-0.2, -0.15) is 0 Å². The monoisotopic (exact) mass is 409 g/mol. The van der Waals surface area contributed by atoms with E-state index in [4.69, 9.17) is 4.74 Å². The van der Waals surface area contributed by atoms with Gasteiger partial charge < -0.3 is 15.0 Å². The fraction of sp³-hybridized carbons (Fsp3) is 0.273. The molecule has 0 bridgehead atoms. The molecule has 4 amide bonds. The zero-order valence-corrected chi connectivity index (χ0v) is 16.6. The van der Waals surface area contributed by atoms with Crippen molar-refractivity contribution >= 4 is 29.5 Å². The van der Waals surface area contributed by atoms with Crippen LogP contribution in [-0.4, -0.2) is 36.5 Å². The second-order valence-electron chi connectivity index (χ2n) is 6.90. The highest BCUT2D eigenvalue weighted by Gasteiger charge is 2.23. The molecule has 0 aliphatic carbocycles. The van der Waals surface area contributed by atoms with Crippen LogP contribution in [0.2, 0.25) is 0 Å². The number of ether oxygens (including phenoxy) is 1. The van der Waals surface area contributed by atoms with E-state index >= 15 is 0 Å². The maximum absolute atomic E-state index is 12.3. The molecule has 1 aliphatic heterocycles. The number of urea groups is 1. The van der Waals surface area contributed by atoms with Crippen LogP contribution in [0.1, 0.15) is 35.7 Å². The van der Waals surface area contributed by atoms with E-state index in [2.05, 4.69) is 10.6 Å². The van der Waals surface area contributed by atoms with Gasteiger partial charge in [-0.05, 0) is 43.2 Å². The van der Waals surface area contributed by atoms with Crippen molar-refractivity contribution in [1.29, 1.82) is 0 Å². The number of benzene rings is 2. The number of nitrogens with zero attached hydrogens (tertiary/aromatic N) is 1. The smallest absolute Gasteiger partial charge is 0.338 e. The molecule has 0 spiro atoms. The minimum atomic E-state index is -1.15. The highest BCUT2D eigenvalue weighted by atomic mass is 16.5. The zero-order chi connectivity index (χ0) is 21.5. The van der Waals surface area contributed by atoms with Gasteiger partial charge in [0.15, 0.2) is 6.10 Å². The molecule has 1 aliphatic rings. The first-order chi connectivity index (χ1) is 14.4. The van der Waals surface area contributed by atoms with Gasteiger partial charge >= 0.3 is 12.0 Å². The van der Waals surface area contributed by atoms with Crippen molar-refractivity contribution < 1.29 is 23.9 Å². The summed E-state index contributed by atoms with van der Waals surface area (Å²) in [7, 11) is 0. The average Bonchev–Trinajstić information content (AvgIpc) is 3.19. The van der Waals surface area contributed by atoms with Crippen molar-refractivity contribution in [2.45, 2.75) is 32.4 Å². The maximum atomic E-state index is 12.3. The quantitative estimate of drug-likeness (QED) is 0.713. The summed E-state index contributed by atoms with van der Waals surface area (Å²) in [5, 5.41) is 4.71. The van der Waals surface area contributed by atoms with Crippen LogP contribution >= 0.6 is 0 Å². The van der Waals surface area contributed by atoms with Gasteiger partial charge in [0.1, 0.15) is 0 Å². The molecule has 1 saturated heterocycles. The molecular formula is C22H23N3O5. The van der Waals surface area contributed by atoms with Crippen molar-refractivity contribution in [2.75, 3.05) is 11.4 Å². The molecule has 0 radical (unpaired) electrons. The van der Waals surface area contributed by atoms with E-state index in [0.29, 0.717) is 13.0 Å². The fourth-order valence-electron chi connectivity index (χ4n) is 3.02. The van der Waals surface area contributed by atoms with Gasteiger partial charge in [0, 0.05) is 25.2 Å². The number of carbonyl (C=O) groups excluding carboxylic acids is 4. The van der Waals surface area contributed by atoms with Crippen LogP contribution in [0.15, 0.2) is 54.6 Å². The van der Waals surface area contributed by atoms with Crippen LogP contribution in [-0.2, 0) is 20.9 Å². The van der Waals surface area contributed by atoms with Gasteiger partial charge in [0.2, 0.25) is 5.91 Å². The number of amides is 4. The molecule has 1 fully saturated rings. The summed E-state index contributed by atoms with van der Waals surface area (Å²) >= 11 is 0. The lowest BCUT2D eigenvalue weighted by Crippen LogP contribution is -2.44. The van der Waals surface area contributed by atoms with Crippen LogP contribution in [0.3, 0.4) is 0 Å². The molecule has 0 aromatic heterocycles. The van der Waals surface area contributed by atoms with Crippen LogP contribution in [0.4, 0.5) is 10.5 Å². The van der Waals surface area contributed by atoms with Crippen LogP contribution in [0.25, 0.3) is 0 Å². The Labute approximate surface area is 174 Å². The Morgan fingerprint density at radius 1 is 1.07 bits per heavy atom. The van der Waals surface area contributed by atoms with E-state index in [-0.39, 0.29) is 18.0 Å².